The van der Waals surface area contributed by atoms with Gasteiger partial charge < -0.3 is 9.67 Å². The molecule has 0 aliphatic carbocycles. The van der Waals surface area contributed by atoms with E-state index in [4.69, 9.17) is 12.2 Å². The summed E-state index contributed by atoms with van der Waals surface area (Å²) >= 11 is 7.10. The van der Waals surface area contributed by atoms with E-state index in [0.717, 1.165) is 30.2 Å². The van der Waals surface area contributed by atoms with Crippen molar-refractivity contribution in [2.75, 3.05) is 7.05 Å². The van der Waals surface area contributed by atoms with E-state index in [9.17, 15) is 5.11 Å². The van der Waals surface area contributed by atoms with Crippen LogP contribution in [0.3, 0.4) is 0 Å². The van der Waals surface area contributed by atoms with Crippen LogP contribution < -0.4 is 0 Å². The van der Waals surface area contributed by atoms with Gasteiger partial charge in [0.25, 0.3) is 0 Å². The van der Waals surface area contributed by atoms with Crippen molar-refractivity contribution in [3.63, 3.8) is 0 Å². The van der Waals surface area contributed by atoms with E-state index in [1.54, 1.807) is 16.0 Å². The van der Waals surface area contributed by atoms with Crippen molar-refractivity contribution in [3.05, 3.63) is 26.7 Å². The van der Waals surface area contributed by atoms with Gasteiger partial charge in [-0.1, -0.05) is 6.92 Å². The van der Waals surface area contributed by atoms with Crippen LogP contribution in [0.15, 0.2) is 5.38 Å². The second-order valence-electron chi connectivity index (χ2n) is 5.05. The summed E-state index contributed by atoms with van der Waals surface area (Å²) in [5, 5.41) is 16.9. The Bertz CT molecular complexity index is 645. The Hall–Kier alpha value is -1.09. The molecule has 0 atom stereocenters. The summed E-state index contributed by atoms with van der Waals surface area (Å²) in [6, 6.07) is 0. The van der Waals surface area contributed by atoms with Crippen molar-refractivity contribution >= 4 is 23.6 Å². The Balaban J connectivity index is 2.10. The molecule has 0 saturated carbocycles. The smallest absolute Gasteiger partial charge is 0.199 e. The lowest BCUT2D eigenvalue weighted by atomic mass is 10.4. The molecule has 8 heteroatoms. The van der Waals surface area contributed by atoms with Gasteiger partial charge in [-0.05, 0) is 32.6 Å². The third kappa shape index (κ3) is 3.97. The summed E-state index contributed by atoms with van der Waals surface area (Å²) in [5.41, 5.74) is 1.05. The molecule has 2 aromatic rings. The van der Waals surface area contributed by atoms with Gasteiger partial charge in [-0.25, -0.2) is 9.67 Å². The van der Waals surface area contributed by atoms with Gasteiger partial charge in [0.15, 0.2) is 10.6 Å². The minimum absolute atomic E-state index is 0.0912. The van der Waals surface area contributed by atoms with Crippen LogP contribution >= 0.6 is 23.6 Å². The summed E-state index contributed by atoms with van der Waals surface area (Å²) in [5.74, 6) is 0.625. The number of aryl methyl sites for hydroxylation is 1. The number of nitrogens with zero attached hydrogens (tertiary/aromatic N) is 5. The molecule has 0 bridgehead atoms. The average molecular weight is 327 g/mol. The maximum Gasteiger partial charge on any atom is 0.199 e. The standard InChI is InChI=1S/C13H21N5OS2/c1-4-5-17-11(7-19)15-18(13(17)20)9-16(3)6-12-14-10(2)8-21-12/h8,19H,4-7,9H2,1-3H3. The topological polar surface area (TPSA) is 59.1 Å². The van der Waals surface area contributed by atoms with Crippen LogP contribution in [-0.2, 0) is 26.4 Å². The molecule has 0 unspecified atom stereocenters. The molecule has 0 aromatic carbocycles. The fraction of sp³-hybridized carbons (Fsp3) is 0.615. The Morgan fingerprint density at radius 3 is 2.81 bits per heavy atom. The van der Waals surface area contributed by atoms with Gasteiger partial charge >= 0.3 is 0 Å². The molecule has 0 spiro atoms. The van der Waals surface area contributed by atoms with Crippen LogP contribution in [-0.4, -0.2) is 36.4 Å². The first-order chi connectivity index (χ1) is 10.0. The average Bonchev–Trinajstić information content (AvgIpc) is 2.97. The largest absolute Gasteiger partial charge is 0.388 e. The third-order valence-electron chi connectivity index (χ3n) is 3.04. The van der Waals surface area contributed by atoms with Crippen LogP contribution in [0.1, 0.15) is 29.9 Å². The number of aliphatic hydroxyl groups is 1. The number of hydrogen-bond donors (Lipinski definition) is 1. The van der Waals surface area contributed by atoms with Gasteiger partial charge in [-0.3, -0.25) is 4.90 Å². The summed E-state index contributed by atoms with van der Waals surface area (Å²) < 4.78 is 4.32. The number of rotatable bonds is 7. The van der Waals surface area contributed by atoms with E-state index in [1.807, 2.05) is 18.5 Å². The van der Waals surface area contributed by atoms with E-state index >= 15 is 0 Å². The highest BCUT2D eigenvalue weighted by Crippen LogP contribution is 2.11. The minimum atomic E-state index is -0.0912. The summed E-state index contributed by atoms with van der Waals surface area (Å²) in [6.45, 7) is 6.11. The highest BCUT2D eigenvalue weighted by molar-refractivity contribution is 7.71. The van der Waals surface area contributed by atoms with Crippen LogP contribution in [0.5, 0.6) is 0 Å². The molecule has 0 fully saturated rings. The summed E-state index contributed by atoms with van der Waals surface area (Å²) in [7, 11) is 2.01. The lowest BCUT2D eigenvalue weighted by Gasteiger charge is -2.14. The molecule has 1 N–H and O–H groups in total. The van der Waals surface area contributed by atoms with Crippen molar-refractivity contribution in [3.8, 4) is 0 Å². The Labute approximate surface area is 133 Å². The second-order valence-corrected chi connectivity index (χ2v) is 6.35. The molecule has 0 amide bonds. The highest BCUT2D eigenvalue weighted by atomic mass is 32.1. The monoisotopic (exact) mass is 327 g/mol. The Morgan fingerprint density at radius 2 is 2.24 bits per heavy atom. The molecular weight excluding hydrogens is 306 g/mol. The molecule has 2 aromatic heterocycles. The first-order valence-corrected chi connectivity index (χ1v) is 8.20. The molecule has 116 valence electrons. The zero-order valence-corrected chi connectivity index (χ0v) is 14.2. The molecule has 6 nitrogen and oxygen atoms in total. The van der Waals surface area contributed by atoms with E-state index in [1.165, 1.54) is 0 Å². The Kier molecular flexibility index (Phi) is 5.63. The zero-order valence-electron chi connectivity index (χ0n) is 12.6. The van der Waals surface area contributed by atoms with Gasteiger partial charge in [0, 0.05) is 17.6 Å². The lowest BCUT2D eigenvalue weighted by molar-refractivity contribution is 0.238. The van der Waals surface area contributed by atoms with Gasteiger partial charge in [0.1, 0.15) is 11.6 Å². The van der Waals surface area contributed by atoms with Gasteiger partial charge in [-0.2, -0.15) is 5.10 Å². The molecule has 2 rings (SSSR count). The number of aromatic nitrogens is 4. The highest BCUT2D eigenvalue weighted by Gasteiger charge is 2.11. The number of aliphatic hydroxyl groups excluding tert-OH is 1. The predicted molar refractivity (Wildman–Crippen MR) is 85.6 cm³/mol. The van der Waals surface area contributed by atoms with Crippen molar-refractivity contribution in [2.45, 2.75) is 46.6 Å². The van der Waals surface area contributed by atoms with Crippen LogP contribution in [0.2, 0.25) is 0 Å². The molecule has 0 radical (unpaired) electrons. The van der Waals surface area contributed by atoms with Gasteiger partial charge in [0.2, 0.25) is 0 Å². The van der Waals surface area contributed by atoms with Crippen molar-refractivity contribution in [2.24, 2.45) is 0 Å². The normalized spacial score (nSPS) is 11.5. The molecule has 0 aliphatic rings. The first-order valence-electron chi connectivity index (χ1n) is 6.92. The molecule has 0 aliphatic heterocycles. The quantitative estimate of drug-likeness (QED) is 0.790. The summed E-state index contributed by atoms with van der Waals surface area (Å²) in [4.78, 5) is 6.57. The van der Waals surface area contributed by atoms with Gasteiger partial charge in [-0.15, -0.1) is 11.3 Å². The molecule has 2 heterocycles. The molecule has 0 saturated heterocycles. The first kappa shape index (κ1) is 16.3. The van der Waals surface area contributed by atoms with Crippen molar-refractivity contribution in [1.29, 1.82) is 0 Å². The predicted octanol–water partition coefficient (Wildman–Crippen LogP) is 2.17. The fourth-order valence-corrected chi connectivity index (χ4v) is 3.27. The summed E-state index contributed by atoms with van der Waals surface area (Å²) in [6.07, 6.45) is 0.960. The van der Waals surface area contributed by atoms with Crippen molar-refractivity contribution < 1.29 is 5.11 Å². The maximum absolute atomic E-state index is 9.39. The van der Waals surface area contributed by atoms with Crippen LogP contribution in [0, 0.1) is 11.7 Å². The maximum atomic E-state index is 9.39. The third-order valence-corrected chi connectivity index (χ3v) is 4.42. The minimum Gasteiger partial charge on any atom is -0.388 e. The fourth-order valence-electron chi connectivity index (χ4n) is 2.13. The van der Waals surface area contributed by atoms with E-state index in [2.05, 4.69) is 27.3 Å². The number of hydrogen-bond acceptors (Lipinski definition) is 6. The van der Waals surface area contributed by atoms with E-state index in [-0.39, 0.29) is 6.61 Å². The van der Waals surface area contributed by atoms with E-state index in [0.29, 0.717) is 17.3 Å². The SMILES string of the molecule is CCCn1c(CO)nn(CN(C)Cc2nc(C)cs2)c1=S. The molecular formula is C13H21N5OS2. The van der Waals surface area contributed by atoms with Crippen LogP contribution in [0.25, 0.3) is 0 Å². The lowest BCUT2D eigenvalue weighted by Crippen LogP contribution is -2.22. The Morgan fingerprint density at radius 1 is 1.48 bits per heavy atom. The van der Waals surface area contributed by atoms with Gasteiger partial charge in [0.05, 0.1) is 13.2 Å². The number of thiazole rings is 1. The van der Waals surface area contributed by atoms with Crippen LogP contribution in [0.4, 0.5) is 0 Å². The molecule has 21 heavy (non-hydrogen) atoms. The van der Waals surface area contributed by atoms with Crippen molar-refractivity contribution in [1.82, 2.24) is 24.2 Å². The zero-order chi connectivity index (χ0) is 15.4. The second kappa shape index (κ2) is 7.26. The van der Waals surface area contributed by atoms with E-state index < -0.39 is 0 Å².